The third-order valence-electron chi connectivity index (χ3n) is 3.94. The highest BCUT2D eigenvalue weighted by Gasteiger charge is 2.30. The first-order valence-corrected chi connectivity index (χ1v) is 8.79. The van der Waals surface area contributed by atoms with E-state index in [0.29, 0.717) is 24.1 Å². The van der Waals surface area contributed by atoms with Crippen LogP contribution in [0.15, 0.2) is 52.2 Å². The van der Waals surface area contributed by atoms with E-state index in [1.165, 1.54) is 18.6 Å². The minimum absolute atomic E-state index is 0.268. The Hall–Kier alpha value is -2.08. The molecule has 116 valence electrons. The summed E-state index contributed by atoms with van der Waals surface area (Å²) in [4.78, 5) is 12.2. The summed E-state index contributed by atoms with van der Waals surface area (Å²) in [5.74, 6) is -0.329. The number of rotatable bonds is 4. The number of carbonyl (C=O) groups is 1. The van der Waals surface area contributed by atoms with E-state index in [1.807, 2.05) is 0 Å². The Bertz CT molecular complexity index is 759. The minimum atomic E-state index is -3.32. The van der Waals surface area contributed by atoms with Crippen LogP contribution in [0.25, 0.3) is 0 Å². The van der Waals surface area contributed by atoms with E-state index >= 15 is 0 Å². The molecule has 1 N–H and O–H groups in total. The third-order valence-corrected chi connectivity index (χ3v) is 6.20. The topological polar surface area (TPSA) is 76.4 Å². The van der Waals surface area contributed by atoms with Crippen LogP contribution in [0.4, 0.5) is 5.69 Å². The van der Waals surface area contributed by atoms with Crippen LogP contribution in [0.2, 0.25) is 0 Å². The average Bonchev–Trinajstić information content (AvgIpc) is 3.21. The second-order valence-corrected chi connectivity index (χ2v) is 7.67. The largest absolute Gasteiger partial charge is 0.472 e. The Morgan fingerprint density at radius 3 is 2.64 bits per heavy atom. The maximum absolute atomic E-state index is 12.6. The summed E-state index contributed by atoms with van der Waals surface area (Å²) in [7, 11) is -3.32. The molecule has 0 aliphatic heterocycles. The lowest BCUT2D eigenvalue weighted by Gasteiger charge is -2.12. The van der Waals surface area contributed by atoms with Crippen molar-refractivity contribution < 1.29 is 17.6 Å². The summed E-state index contributed by atoms with van der Waals surface area (Å²) in [6.07, 6.45) is 6.11. The molecule has 2 aromatic rings. The Labute approximate surface area is 129 Å². The van der Waals surface area contributed by atoms with Crippen molar-refractivity contribution in [3.05, 3.63) is 48.4 Å². The van der Waals surface area contributed by atoms with Gasteiger partial charge in [-0.1, -0.05) is 18.9 Å². The van der Waals surface area contributed by atoms with Gasteiger partial charge in [0.05, 0.1) is 22.0 Å². The van der Waals surface area contributed by atoms with E-state index in [-0.39, 0.29) is 16.1 Å². The predicted molar refractivity (Wildman–Crippen MR) is 82.5 cm³/mol. The van der Waals surface area contributed by atoms with Crippen LogP contribution < -0.4 is 5.32 Å². The highest BCUT2D eigenvalue weighted by atomic mass is 32.2. The van der Waals surface area contributed by atoms with Crippen LogP contribution in [0, 0.1) is 0 Å². The second-order valence-electron chi connectivity index (χ2n) is 5.45. The highest BCUT2D eigenvalue weighted by molar-refractivity contribution is 7.92. The summed E-state index contributed by atoms with van der Waals surface area (Å²) in [6, 6.07) is 7.97. The number of hydrogen-bond donors (Lipinski definition) is 1. The van der Waals surface area contributed by atoms with Gasteiger partial charge in [-0.25, -0.2) is 8.42 Å². The molecule has 1 amide bonds. The van der Waals surface area contributed by atoms with Crippen LogP contribution >= 0.6 is 0 Å². The standard InChI is InChI=1S/C16H17NO4S/c18-16(12-8-9-21-11-12)17-13-4-3-7-15(10-13)22(19,20)14-5-1-2-6-14/h3-4,7-11,14H,1-2,5-6H2,(H,17,18). The molecule has 3 rings (SSSR count). The van der Waals surface area contributed by atoms with E-state index in [1.54, 1.807) is 24.3 Å². The van der Waals surface area contributed by atoms with Crippen molar-refractivity contribution in [2.45, 2.75) is 35.8 Å². The van der Waals surface area contributed by atoms with Crippen molar-refractivity contribution in [2.24, 2.45) is 0 Å². The highest BCUT2D eigenvalue weighted by Crippen LogP contribution is 2.30. The van der Waals surface area contributed by atoms with Crippen LogP contribution in [-0.4, -0.2) is 19.6 Å². The molecule has 0 bridgehead atoms. The normalized spacial score (nSPS) is 15.8. The summed E-state index contributed by atoms with van der Waals surface area (Å²) in [6.45, 7) is 0. The maximum atomic E-state index is 12.6. The predicted octanol–water partition coefficient (Wildman–Crippen LogP) is 3.25. The number of hydrogen-bond acceptors (Lipinski definition) is 4. The van der Waals surface area contributed by atoms with Crippen molar-refractivity contribution in [1.82, 2.24) is 0 Å². The third kappa shape index (κ3) is 2.92. The smallest absolute Gasteiger partial charge is 0.258 e. The van der Waals surface area contributed by atoms with Gasteiger partial charge in [0.15, 0.2) is 9.84 Å². The molecule has 0 radical (unpaired) electrons. The maximum Gasteiger partial charge on any atom is 0.258 e. The van der Waals surface area contributed by atoms with E-state index in [0.717, 1.165) is 12.8 Å². The molecule has 1 aromatic carbocycles. The Morgan fingerprint density at radius 1 is 1.18 bits per heavy atom. The number of carbonyl (C=O) groups excluding carboxylic acids is 1. The summed E-state index contributed by atoms with van der Waals surface area (Å²) >= 11 is 0. The second kappa shape index (κ2) is 5.96. The summed E-state index contributed by atoms with van der Waals surface area (Å²) in [5, 5.41) is 2.39. The van der Waals surface area contributed by atoms with Gasteiger partial charge in [0.1, 0.15) is 6.26 Å². The number of furan rings is 1. The fourth-order valence-electron chi connectivity index (χ4n) is 2.74. The number of nitrogens with one attached hydrogen (secondary N) is 1. The molecule has 0 saturated heterocycles. The summed E-state index contributed by atoms with van der Waals surface area (Å²) < 4.78 is 30.0. The Balaban J connectivity index is 1.82. The van der Waals surface area contributed by atoms with Gasteiger partial charge >= 0.3 is 0 Å². The van der Waals surface area contributed by atoms with Gasteiger partial charge in [-0.2, -0.15) is 0 Å². The van der Waals surface area contributed by atoms with Crippen LogP contribution in [-0.2, 0) is 9.84 Å². The van der Waals surface area contributed by atoms with Gasteiger partial charge in [-0.05, 0) is 37.1 Å². The monoisotopic (exact) mass is 319 g/mol. The van der Waals surface area contributed by atoms with Crippen LogP contribution in [0.5, 0.6) is 0 Å². The van der Waals surface area contributed by atoms with E-state index in [9.17, 15) is 13.2 Å². The van der Waals surface area contributed by atoms with Crippen molar-refractivity contribution in [2.75, 3.05) is 5.32 Å². The first-order valence-electron chi connectivity index (χ1n) is 7.25. The van der Waals surface area contributed by atoms with Gasteiger partial charge in [-0.3, -0.25) is 4.79 Å². The molecular formula is C16H17NO4S. The molecule has 0 atom stereocenters. The first-order chi connectivity index (χ1) is 10.6. The molecule has 1 aromatic heterocycles. The fourth-order valence-corrected chi connectivity index (χ4v) is 4.64. The lowest BCUT2D eigenvalue weighted by atomic mass is 10.3. The van der Waals surface area contributed by atoms with Gasteiger partial charge in [0, 0.05) is 5.69 Å². The van der Waals surface area contributed by atoms with E-state index in [4.69, 9.17) is 4.42 Å². The van der Waals surface area contributed by atoms with Gasteiger partial charge in [0.25, 0.3) is 5.91 Å². The fraction of sp³-hybridized carbons (Fsp3) is 0.312. The SMILES string of the molecule is O=C(Nc1cccc(S(=O)(=O)C2CCCC2)c1)c1ccoc1. The quantitative estimate of drug-likeness (QED) is 0.938. The molecule has 1 saturated carbocycles. The first kappa shape index (κ1) is 14.8. The van der Waals surface area contributed by atoms with Gasteiger partial charge < -0.3 is 9.73 Å². The van der Waals surface area contributed by atoms with Gasteiger partial charge in [-0.15, -0.1) is 0 Å². The molecule has 6 heteroatoms. The molecule has 0 unspecified atom stereocenters. The van der Waals surface area contributed by atoms with Crippen molar-refractivity contribution in [3.63, 3.8) is 0 Å². The zero-order valence-electron chi connectivity index (χ0n) is 12.0. The zero-order chi connectivity index (χ0) is 15.6. The minimum Gasteiger partial charge on any atom is -0.472 e. The number of sulfone groups is 1. The van der Waals surface area contributed by atoms with Crippen molar-refractivity contribution >= 4 is 21.4 Å². The number of benzene rings is 1. The molecule has 1 heterocycles. The lowest BCUT2D eigenvalue weighted by Crippen LogP contribution is -2.18. The van der Waals surface area contributed by atoms with Crippen LogP contribution in [0.1, 0.15) is 36.0 Å². The van der Waals surface area contributed by atoms with Crippen molar-refractivity contribution in [1.29, 1.82) is 0 Å². The molecule has 1 fully saturated rings. The number of anilines is 1. The van der Waals surface area contributed by atoms with E-state index in [2.05, 4.69) is 5.32 Å². The Kier molecular flexibility index (Phi) is 4.02. The van der Waals surface area contributed by atoms with E-state index < -0.39 is 9.84 Å². The molecular weight excluding hydrogens is 302 g/mol. The summed E-state index contributed by atoms with van der Waals surface area (Å²) in [5.41, 5.74) is 0.856. The average molecular weight is 319 g/mol. The van der Waals surface area contributed by atoms with Gasteiger partial charge in [0.2, 0.25) is 0 Å². The lowest BCUT2D eigenvalue weighted by molar-refractivity contribution is 0.102. The van der Waals surface area contributed by atoms with Crippen LogP contribution in [0.3, 0.4) is 0 Å². The Morgan fingerprint density at radius 2 is 1.95 bits per heavy atom. The van der Waals surface area contributed by atoms with Crippen molar-refractivity contribution in [3.8, 4) is 0 Å². The molecule has 5 nitrogen and oxygen atoms in total. The molecule has 1 aliphatic rings. The number of amides is 1. The molecule has 22 heavy (non-hydrogen) atoms. The molecule has 0 spiro atoms. The zero-order valence-corrected chi connectivity index (χ0v) is 12.8. The molecule has 1 aliphatic carbocycles.